The molecule has 0 amide bonds. The maximum atomic E-state index is 5.38. The van der Waals surface area contributed by atoms with E-state index in [1.807, 2.05) is 42.5 Å². The van der Waals surface area contributed by atoms with Gasteiger partial charge in [0, 0.05) is 6.07 Å². The molecule has 3 nitrogen and oxygen atoms in total. The Morgan fingerprint density at radius 3 is 2.79 bits per heavy atom. The van der Waals surface area contributed by atoms with Gasteiger partial charge in [-0.3, -0.25) is 0 Å². The van der Waals surface area contributed by atoms with E-state index in [4.69, 9.17) is 4.74 Å². The van der Waals surface area contributed by atoms with Crippen molar-refractivity contribution in [2.75, 3.05) is 6.61 Å². The molecule has 0 atom stereocenters. The molecular weight excluding hydrogens is 236 g/mol. The summed E-state index contributed by atoms with van der Waals surface area (Å²) in [7, 11) is 0. The Balaban J connectivity index is 2.06. The lowest BCUT2D eigenvalue weighted by Gasteiger charge is -2.00. The molecule has 0 aliphatic heterocycles. The standard InChI is InChI=1S/C16H14N2O/c1-2-3-11-19-16-12-15(17-13-18-16)10-9-14-7-5-4-6-8-14/h4-10,12-13H,11H2,1H3. The van der Waals surface area contributed by atoms with Gasteiger partial charge in [0.05, 0.1) is 5.69 Å². The molecule has 0 radical (unpaired) electrons. The van der Waals surface area contributed by atoms with E-state index < -0.39 is 0 Å². The van der Waals surface area contributed by atoms with E-state index >= 15 is 0 Å². The monoisotopic (exact) mass is 250 g/mol. The van der Waals surface area contributed by atoms with Gasteiger partial charge >= 0.3 is 0 Å². The Bertz CT molecular complexity index is 609. The van der Waals surface area contributed by atoms with Crippen molar-refractivity contribution in [2.24, 2.45) is 0 Å². The molecule has 2 rings (SSSR count). The maximum Gasteiger partial charge on any atom is 0.217 e. The van der Waals surface area contributed by atoms with Crippen molar-refractivity contribution < 1.29 is 4.74 Å². The van der Waals surface area contributed by atoms with Crippen LogP contribution in [0.2, 0.25) is 0 Å². The van der Waals surface area contributed by atoms with Crippen molar-refractivity contribution in [1.82, 2.24) is 9.97 Å². The number of benzene rings is 1. The third-order valence-electron chi connectivity index (χ3n) is 2.38. The number of hydrogen-bond donors (Lipinski definition) is 0. The predicted octanol–water partition coefficient (Wildman–Crippen LogP) is 3.05. The molecule has 0 unspecified atom stereocenters. The SMILES string of the molecule is CC#CCOc1cc(C=Cc2ccccc2)ncn1. The first-order valence-corrected chi connectivity index (χ1v) is 5.96. The summed E-state index contributed by atoms with van der Waals surface area (Å²) >= 11 is 0. The second-order valence-electron chi connectivity index (χ2n) is 3.74. The summed E-state index contributed by atoms with van der Waals surface area (Å²) in [6.45, 7) is 2.12. The summed E-state index contributed by atoms with van der Waals surface area (Å²) in [5.41, 5.74) is 1.93. The van der Waals surface area contributed by atoms with Gasteiger partial charge in [-0.1, -0.05) is 42.3 Å². The zero-order valence-corrected chi connectivity index (χ0v) is 10.7. The molecular formula is C16H14N2O. The van der Waals surface area contributed by atoms with Crippen LogP contribution < -0.4 is 4.74 Å². The van der Waals surface area contributed by atoms with Crippen LogP contribution in [0.15, 0.2) is 42.7 Å². The van der Waals surface area contributed by atoms with E-state index in [9.17, 15) is 0 Å². The van der Waals surface area contributed by atoms with Crippen LogP contribution in [0.25, 0.3) is 12.2 Å². The molecule has 1 aromatic heterocycles. The summed E-state index contributed by atoms with van der Waals surface area (Å²) in [6, 6.07) is 11.8. The number of ether oxygens (including phenoxy) is 1. The first-order valence-electron chi connectivity index (χ1n) is 5.96. The third kappa shape index (κ3) is 4.29. The number of nitrogens with zero attached hydrogens (tertiary/aromatic N) is 2. The normalized spacial score (nSPS) is 9.95. The highest BCUT2D eigenvalue weighted by Gasteiger charge is 1.96. The fourth-order valence-corrected chi connectivity index (χ4v) is 1.45. The van der Waals surface area contributed by atoms with Crippen LogP contribution in [0.4, 0.5) is 0 Å². The quantitative estimate of drug-likeness (QED) is 0.782. The summed E-state index contributed by atoms with van der Waals surface area (Å²) in [5.74, 6) is 6.12. The van der Waals surface area contributed by atoms with Gasteiger partial charge in [0.2, 0.25) is 5.88 Å². The Kier molecular flexibility index (Phi) is 4.71. The van der Waals surface area contributed by atoms with Gasteiger partial charge in [-0.25, -0.2) is 9.97 Å². The topological polar surface area (TPSA) is 35.0 Å². The Morgan fingerprint density at radius 1 is 1.16 bits per heavy atom. The molecule has 0 fully saturated rings. The summed E-state index contributed by atoms with van der Waals surface area (Å²) < 4.78 is 5.38. The van der Waals surface area contributed by atoms with Crippen LogP contribution >= 0.6 is 0 Å². The molecule has 3 heteroatoms. The average Bonchev–Trinajstić information content (AvgIpc) is 2.47. The second kappa shape index (κ2) is 6.97. The van der Waals surface area contributed by atoms with Gasteiger partial charge in [0.1, 0.15) is 6.33 Å². The highest BCUT2D eigenvalue weighted by atomic mass is 16.5. The van der Waals surface area contributed by atoms with Crippen LogP contribution in [0.5, 0.6) is 5.88 Å². The number of rotatable bonds is 4. The van der Waals surface area contributed by atoms with Gasteiger partial charge in [0.15, 0.2) is 6.61 Å². The molecule has 0 saturated heterocycles. The lowest BCUT2D eigenvalue weighted by atomic mass is 10.2. The molecule has 0 spiro atoms. The molecule has 1 heterocycles. The van der Waals surface area contributed by atoms with Gasteiger partial charge < -0.3 is 4.74 Å². The molecule has 0 aliphatic carbocycles. The van der Waals surface area contributed by atoms with Crippen molar-refractivity contribution in [3.63, 3.8) is 0 Å². The van der Waals surface area contributed by atoms with Crippen molar-refractivity contribution in [1.29, 1.82) is 0 Å². The van der Waals surface area contributed by atoms with Crippen LogP contribution in [-0.2, 0) is 0 Å². The molecule has 0 bridgehead atoms. The fraction of sp³-hybridized carbons (Fsp3) is 0.125. The second-order valence-corrected chi connectivity index (χ2v) is 3.74. The lowest BCUT2D eigenvalue weighted by molar-refractivity contribution is 0.354. The smallest absolute Gasteiger partial charge is 0.217 e. The van der Waals surface area contributed by atoms with E-state index in [-0.39, 0.29) is 0 Å². The van der Waals surface area contributed by atoms with Gasteiger partial charge in [-0.05, 0) is 18.6 Å². The molecule has 1 aromatic carbocycles. The molecule has 0 saturated carbocycles. The van der Waals surface area contributed by atoms with E-state index in [1.54, 1.807) is 13.0 Å². The van der Waals surface area contributed by atoms with E-state index in [1.165, 1.54) is 6.33 Å². The predicted molar refractivity (Wildman–Crippen MR) is 76.3 cm³/mol. The van der Waals surface area contributed by atoms with Gasteiger partial charge in [0.25, 0.3) is 0 Å². The molecule has 94 valence electrons. The number of hydrogen-bond acceptors (Lipinski definition) is 3. The van der Waals surface area contributed by atoms with Gasteiger partial charge in [-0.2, -0.15) is 0 Å². The van der Waals surface area contributed by atoms with Gasteiger partial charge in [-0.15, -0.1) is 5.92 Å². The summed E-state index contributed by atoms with van der Waals surface area (Å²) in [4.78, 5) is 8.20. The van der Waals surface area contributed by atoms with Crippen LogP contribution in [0.3, 0.4) is 0 Å². The minimum atomic E-state index is 0.343. The van der Waals surface area contributed by atoms with Crippen LogP contribution in [-0.4, -0.2) is 16.6 Å². The van der Waals surface area contributed by atoms with E-state index in [0.717, 1.165) is 11.3 Å². The Labute approximate surface area is 113 Å². The first-order chi connectivity index (χ1) is 9.38. The third-order valence-corrected chi connectivity index (χ3v) is 2.38. The zero-order chi connectivity index (χ0) is 13.3. The van der Waals surface area contributed by atoms with Crippen LogP contribution in [0, 0.1) is 11.8 Å². The lowest BCUT2D eigenvalue weighted by Crippen LogP contribution is -1.97. The molecule has 0 N–H and O–H groups in total. The summed E-state index contributed by atoms with van der Waals surface area (Å²) in [6.07, 6.45) is 5.41. The zero-order valence-electron chi connectivity index (χ0n) is 10.7. The highest BCUT2D eigenvalue weighted by Crippen LogP contribution is 2.10. The van der Waals surface area contributed by atoms with E-state index in [2.05, 4.69) is 21.8 Å². The Morgan fingerprint density at radius 2 is 2.00 bits per heavy atom. The minimum Gasteiger partial charge on any atom is -0.464 e. The maximum absolute atomic E-state index is 5.38. The van der Waals surface area contributed by atoms with Crippen molar-refractivity contribution in [3.05, 3.63) is 54.0 Å². The summed E-state index contributed by atoms with van der Waals surface area (Å²) in [5, 5.41) is 0. The minimum absolute atomic E-state index is 0.343. The average molecular weight is 250 g/mol. The molecule has 19 heavy (non-hydrogen) atoms. The van der Waals surface area contributed by atoms with Crippen LogP contribution in [0.1, 0.15) is 18.2 Å². The fourth-order valence-electron chi connectivity index (χ4n) is 1.45. The molecule has 0 aliphatic rings. The first kappa shape index (κ1) is 12.8. The van der Waals surface area contributed by atoms with E-state index in [0.29, 0.717) is 12.5 Å². The Hall–Kier alpha value is -2.60. The van der Waals surface area contributed by atoms with Crippen molar-refractivity contribution in [2.45, 2.75) is 6.92 Å². The van der Waals surface area contributed by atoms with Crippen molar-refractivity contribution in [3.8, 4) is 17.7 Å². The number of aromatic nitrogens is 2. The van der Waals surface area contributed by atoms with Crippen molar-refractivity contribution >= 4 is 12.2 Å². The molecule has 2 aromatic rings. The largest absolute Gasteiger partial charge is 0.464 e. The highest BCUT2D eigenvalue weighted by molar-refractivity contribution is 5.67.